The second-order valence-corrected chi connectivity index (χ2v) is 3.08. The van der Waals surface area contributed by atoms with Gasteiger partial charge in [-0.2, -0.15) is 0 Å². The Balaban J connectivity index is 2.57. The lowest BCUT2D eigenvalue weighted by atomic mass is 10.4. The molecule has 0 amide bonds. The van der Waals surface area contributed by atoms with E-state index in [0.717, 1.165) is 24.7 Å². The maximum absolute atomic E-state index is 5.04. The van der Waals surface area contributed by atoms with E-state index in [1.807, 2.05) is 26.2 Å². The highest BCUT2D eigenvalue weighted by atomic mass is 16.5. The van der Waals surface area contributed by atoms with E-state index < -0.39 is 0 Å². The summed E-state index contributed by atoms with van der Waals surface area (Å²) in [5.74, 6) is 1.75. The average Bonchev–Trinajstić information content (AvgIpc) is 2.26. The van der Waals surface area contributed by atoms with Crippen LogP contribution in [0.3, 0.4) is 0 Å². The van der Waals surface area contributed by atoms with Crippen LogP contribution < -0.4 is 15.0 Å². The molecule has 0 saturated heterocycles. The van der Waals surface area contributed by atoms with E-state index in [1.165, 1.54) is 0 Å². The number of nitrogens with one attached hydrogen (secondary N) is 1. The van der Waals surface area contributed by atoms with Gasteiger partial charge in [0, 0.05) is 20.1 Å². The fraction of sp³-hybridized carbons (Fsp3) is 0.500. The van der Waals surface area contributed by atoms with Gasteiger partial charge >= 0.3 is 0 Å². The summed E-state index contributed by atoms with van der Waals surface area (Å²) in [6.07, 6.45) is 1.73. The Morgan fingerprint density at radius 2 is 2.29 bits per heavy atom. The summed E-state index contributed by atoms with van der Waals surface area (Å²) >= 11 is 0. The number of hydrogen-bond donors (Lipinski definition) is 1. The van der Waals surface area contributed by atoms with E-state index in [9.17, 15) is 0 Å². The van der Waals surface area contributed by atoms with Crippen LogP contribution in [-0.2, 0) is 0 Å². The summed E-state index contributed by atoms with van der Waals surface area (Å²) in [6.45, 7) is 1.89. The van der Waals surface area contributed by atoms with Gasteiger partial charge in [-0.3, -0.25) is 0 Å². The van der Waals surface area contributed by atoms with Crippen LogP contribution in [0.2, 0.25) is 0 Å². The summed E-state index contributed by atoms with van der Waals surface area (Å²) in [6, 6.07) is 3.87. The molecule has 1 heterocycles. The number of pyridine rings is 1. The molecular formula is C10H17N3O. The molecule has 0 atom stereocenters. The molecule has 0 aromatic carbocycles. The number of likely N-dealkylation sites (N-methyl/N-ethyl adjacent to an activating group) is 2. The van der Waals surface area contributed by atoms with Gasteiger partial charge in [-0.15, -0.1) is 0 Å². The lowest BCUT2D eigenvalue weighted by Crippen LogP contribution is -2.27. The van der Waals surface area contributed by atoms with Crippen LogP contribution in [0.1, 0.15) is 0 Å². The van der Waals surface area contributed by atoms with Crippen molar-refractivity contribution in [2.45, 2.75) is 0 Å². The van der Waals surface area contributed by atoms with E-state index in [2.05, 4.69) is 15.2 Å². The Kier molecular flexibility index (Phi) is 4.19. The maximum Gasteiger partial charge on any atom is 0.137 e. The van der Waals surface area contributed by atoms with Crippen LogP contribution in [0.15, 0.2) is 18.3 Å². The van der Waals surface area contributed by atoms with Gasteiger partial charge in [-0.1, -0.05) is 0 Å². The molecule has 1 aromatic rings. The number of ether oxygens (including phenoxy) is 1. The van der Waals surface area contributed by atoms with Crippen molar-refractivity contribution < 1.29 is 4.74 Å². The van der Waals surface area contributed by atoms with E-state index in [-0.39, 0.29) is 0 Å². The van der Waals surface area contributed by atoms with Gasteiger partial charge in [0.1, 0.15) is 11.6 Å². The first kappa shape index (κ1) is 10.8. The molecule has 1 rings (SSSR count). The van der Waals surface area contributed by atoms with Gasteiger partial charge in [0.25, 0.3) is 0 Å². The van der Waals surface area contributed by atoms with Crippen LogP contribution in [-0.4, -0.2) is 39.3 Å². The molecule has 0 aliphatic rings. The number of rotatable bonds is 5. The third-order valence-corrected chi connectivity index (χ3v) is 2.04. The number of nitrogens with zero attached hydrogens (tertiary/aromatic N) is 2. The van der Waals surface area contributed by atoms with E-state index in [4.69, 9.17) is 4.74 Å². The molecule has 4 nitrogen and oxygen atoms in total. The van der Waals surface area contributed by atoms with Crippen molar-refractivity contribution in [3.8, 4) is 5.75 Å². The fourth-order valence-electron chi connectivity index (χ4n) is 1.11. The van der Waals surface area contributed by atoms with Crippen LogP contribution in [0.25, 0.3) is 0 Å². The zero-order valence-electron chi connectivity index (χ0n) is 8.95. The molecule has 0 aliphatic heterocycles. The topological polar surface area (TPSA) is 37.4 Å². The van der Waals surface area contributed by atoms with Crippen LogP contribution in [0, 0.1) is 0 Å². The zero-order chi connectivity index (χ0) is 10.4. The fourth-order valence-corrected chi connectivity index (χ4v) is 1.11. The number of anilines is 1. The molecule has 0 saturated carbocycles. The zero-order valence-corrected chi connectivity index (χ0v) is 8.95. The van der Waals surface area contributed by atoms with Crippen molar-refractivity contribution in [1.82, 2.24) is 10.3 Å². The first-order valence-corrected chi connectivity index (χ1v) is 4.63. The van der Waals surface area contributed by atoms with Gasteiger partial charge in [-0.25, -0.2) is 4.98 Å². The first-order chi connectivity index (χ1) is 6.77. The maximum atomic E-state index is 5.04. The van der Waals surface area contributed by atoms with Crippen LogP contribution in [0.5, 0.6) is 5.75 Å². The van der Waals surface area contributed by atoms with Gasteiger partial charge in [0.05, 0.1) is 13.3 Å². The summed E-state index contributed by atoms with van der Waals surface area (Å²) in [5, 5.41) is 3.10. The molecule has 0 spiro atoms. The minimum absolute atomic E-state index is 0.788. The third-order valence-electron chi connectivity index (χ3n) is 2.04. The molecule has 0 fully saturated rings. The highest BCUT2D eigenvalue weighted by molar-refractivity contribution is 5.39. The molecule has 1 aromatic heterocycles. The normalized spacial score (nSPS) is 9.93. The van der Waals surface area contributed by atoms with Crippen molar-refractivity contribution in [3.63, 3.8) is 0 Å². The minimum atomic E-state index is 0.788. The van der Waals surface area contributed by atoms with E-state index in [1.54, 1.807) is 13.3 Å². The number of hydrogen-bond acceptors (Lipinski definition) is 4. The van der Waals surface area contributed by atoms with Crippen LogP contribution >= 0.6 is 0 Å². The summed E-state index contributed by atoms with van der Waals surface area (Å²) in [4.78, 5) is 6.37. The van der Waals surface area contributed by atoms with Crippen molar-refractivity contribution >= 4 is 5.82 Å². The van der Waals surface area contributed by atoms with Gasteiger partial charge in [0.15, 0.2) is 0 Å². The lowest BCUT2D eigenvalue weighted by molar-refractivity contribution is 0.413. The molecule has 78 valence electrons. The molecule has 0 unspecified atom stereocenters. The highest BCUT2D eigenvalue weighted by Gasteiger charge is 2.00. The average molecular weight is 195 g/mol. The highest BCUT2D eigenvalue weighted by Crippen LogP contribution is 2.13. The second kappa shape index (κ2) is 5.44. The second-order valence-electron chi connectivity index (χ2n) is 3.08. The van der Waals surface area contributed by atoms with Gasteiger partial charge in [0.2, 0.25) is 0 Å². The Morgan fingerprint density at radius 1 is 1.50 bits per heavy atom. The molecular weight excluding hydrogens is 178 g/mol. The molecule has 0 bridgehead atoms. The SMILES string of the molecule is CNCCN(C)c1ccc(OC)cn1. The Labute approximate surface area is 84.9 Å². The van der Waals surface area contributed by atoms with Gasteiger partial charge < -0.3 is 15.0 Å². The van der Waals surface area contributed by atoms with Crippen molar-refractivity contribution in [1.29, 1.82) is 0 Å². The van der Waals surface area contributed by atoms with Crippen molar-refractivity contribution in [2.24, 2.45) is 0 Å². The third kappa shape index (κ3) is 2.88. The number of aromatic nitrogens is 1. The van der Waals surface area contributed by atoms with E-state index in [0.29, 0.717) is 0 Å². The molecule has 0 radical (unpaired) electrons. The Hall–Kier alpha value is -1.29. The van der Waals surface area contributed by atoms with E-state index >= 15 is 0 Å². The van der Waals surface area contributed by atoms with Crippen LogP contribution in [0.4, 0.5) is 5.82 Å². The predicted octanol–water partition coefficient (Wildman–Crippen LogP) is 0.746. The van der Waals surface area contributed by atoms with Crippen molar-refractivity contribution in [2.75, 3.05) is 39.2 Å². The minimum Gasteiger partial charge on any atom is -0.495 e. The molecule has 14 heavy (non-hydrogen) atoms. The molecule has 4 heteroatoms. The smallest absolute Gasteiger partial charge is 0.137 e. The first-order valence-electron chi connectivity index (χ1n) is 4.63. The quantitative estimate of drug-likeness (QED) is 0.752. The summed E-state index contributed by atoms with van der Waals surface area (Å²) in [7, 11) is 5.60. The molecule has 0 aliphatic carbocycles. The van der Waals surface area contributed by atoms with Crippen molar-refractivity contribution in [3.05, 3.63) is 18.3 Å². The lowest BCUT2D eigenvalue weighted by Gasteiger charge is -2.17. The van der Waals surface area contributed by atoms with Gasteiger partial charge in [-0.05, 0) is 19.2 Å². The summed E-state index contributed by atoms with van der Waals surface area (Å²) < 4.78 is 5.04. The largest absolute Gasteiger partial charge is 0.495 e. The Bertz CT molecular complexity index is 261. The standard InChI is InChI=1S/C10H17N3O/c1-11-6-7-13(2)10-5-4-9(14-3)8-12-10/h4-5,8,11H,6-7H2,1-3H3. The predicted molar refractivity (Wildman–Crippen MR) is 58.0 cm³/mol. The monoisotopic (exact) mass is 195 g/mol. The Morgan fingerprint density at radius 3 is 2.79 bits per heavy atom. The molecule has 1 N–H and O–H groups in total. The summed E-state index contributed by atoms with van der Waals surface area (Å²) in [5.41, 5.74) is 0. The number of methoxy groups -OCH3 is 1.